The van der Waals surface area contributed by atoms with Crippen molar-refractivity contribution < 1.29 is 14.3 Å². The van der Waals surface area contributed by atoms with Crippen LogP contribution >= 0.6 is 0 Å². The summed E-state index contributed by atoms with van der Waals surface area (Å²) in [4.78, 5) is 14.8. The lowest BCUT2D eigenvalue weighted by Gasteiger charge is -2.39. The molecule has 1 aromatic heterocycles. The Morgan fingerprint density at radius 1 is 1.52 bits per heavy atom. The number of carbonyl (C=O) groups is 1. The van der Waals surface area contributed by atoms with Crippen LogP contribution in [0.25, 0.3) is 0 Å². The summed E-state index contributed by atoms with van der Waals surface area (Å²) in [5.41, 5.74) is 1.73. The highest BCUT2D eigenvalue weighted by Gasteiger charge is 2.47. The molecule has 2 atom stereocenters. The maximum Gasteiger partial charge on any atom is 0.249 e. The summed E-state index contributed by atoms with van der Waals surface area (Å²) < 4.78 is 11.9. The maximum atomic E-state index is 12.5. The summed E-state index contributed by atoms with van der Waals surface area (Å²) in [5, 5.41) is 10.4. The van der Waals surface area contributed by atoms with E-state index in [-0.39, 0.29) is 17.6 Å². The van der Waals surface area contributed by atoms with Crippen LogP contribution in [0.3, 0.4) is 0 Å². The lowest BCUT2D eigenvalue weighted by molar-refractivity contribution is -0.130. The monoisotopic (exact) mass is 350 g/mol. The van der Waals surface area contributed by atoms with E-state index >= 15 is 0 Å². The number of hydrogen-bond acceptors (Lipinski definition) is 5. The molecule has 2 fully saturated rings. The normalized spacial score (nSPS) is 27.3. The first-order valence-electron chi connectivity index (χ1n) is 9.33. The molecular formula is C18H30N4O3. The van der Waals surface area contributed by atoms with Crippen molar-refractivity contribution in [2.75, 3.05) is 26.3 Å². The van der Waals surface area contributed by atoms with Crippen molar-refractivity contribution in [3.8, 4) is 0 Å². The molecule has 0 aliphatic carbocycles. The van der Waals surface area contributed by atoms with Gasteiger partial charge in [0, 0.05) is 37.8 Å². The summed E-state index contributed by atoms with van der Waals surface area (Å²) >= 11 is 0. The molecule has 7 heteroatoms. The molecule has 1 amide bonds. The minimum absolute atomic E-state index is 0.00535. The number of nitrogens with one attached hydrogen (secondary N) is 2. The number of amides is 1. The Hall–Kier alpha value is -1.44. The van der Waals surface area contributed by atoms with Crippen molar-refractivity contribution in [2.45, 2.75) is 64.3 Å². The minimum atomic E-state index is -0.409. The van der Waals surface area contributed by atoms with E-state index in [1.54, 1.807) is 0 Å². The van der Waals surface area contributed by atoms with Gasteiger partial charge in [-0.1, -0.05) is 13.8 Å². The molecule has 2 aliphatic heterocycles. The van der Waals surface area contributed by atoms with Crippen molar-refractivity contribution in [3.63, 3.8) is 0 Å². The Balaban J connectivity index is 1.56. The number of nitrogens with zero attached hydrogens (tertiary/aromatic N) is 2. The standard InChI is InChI=1S/C18H30N4O3/c1-4-14(5-2)19-17(23)16-9-18(12-24-16)11-22(6-7-25-18)10-15-8-13(3)20-21-15/h8,14,16H,4-7,9-12H2,1-3H3,(H,19,23)(H,20,21). The Kier molecular flexibility index (Phi) is 5.76. The highest BCUT2D eigenvalue weighted by Crippen LogP contribution is 2.32. The predicted molar refractivity (Wildman–Crippen MR) is 94.2 cm³/mol. The second-order valence-electron chi connectivity index (χ2n) is 7.31. The van der Waals surface area contributed by atoms with Gasteiger partial charge >= 0.3 is 0 Å². The molecule has 3 heterocycles. The van der Waals surface area contributed by atoms with Gasteiger partial charge in [-0.15, -0.1) is 0 Å². The average Bonchev–Trinajstić information content (AvgIpc) is 3.19. The molecule has 0 radical (unpaired) electrons. The van der Waals surface area contributed by atoms with Crippen molar-refractivity contribution in [1.29, 1.82) is 0 Å². The highest BCUT2D eigenvalue weighted by atomic mass is 16.6. The Morgan fingerprint density at radius 2 is 2.32 bits per heavy atom. The van der Waals surface area contributed by atoms with Crippen LogP contribution in [0.4, 0.5) is 0 Å². The largest absolute Gasteiger partial charge is 0.370 e. The quantitative estimate of drug-likeness (QED) is 0.810. The molecule has 0 bridgehead atoms. The number of aromatic nitrogens is 2. The fourth-order valence-electron chi connectivity index (χ4n) is 3.72. The van der Waals surface area contributed by atoms with Crippen LogP contribution in [0.1, 0.15) is 44.5 Å². The zero-order valence-electron chi connectivity index (χ0n) is 15.5. The first kappa shape index (κ1) is 18.4. The van der Waals surface area contributed by atoms with Crippen LogP contribution in [0.5, 0.6) is 0 Å². The average molecular weight is 350 g/mol. The molecule has 3 rings (SSSR count). The number of hydrogen-bond donors (Lipinski definition) is 2. The summed E-state index contributed by atoms with van der Waals surface area (Å²) in [6, 6.07) is 2.29. The third-order valence-electron chi connectivity index (χ3n) is 5.20. The number of carbonyl (C=O) groups excluding carboxylic acids is 1. The summed E-state index contributed by atoms with van der Waals surface area (Å²) in [5.74, 6) is -0.00535. The molecule has 2 N–H and O–H groups in total. The van der Waals surface area contributed by atoms with E-state index in [0.717, 1.165) is 43.9 Å². The molecule has 1 aromatic rings. The van der Waals surface area contributed by atoms with Gasteiger partial charge < -0.3 is 14.8 Å². The highest BCUT2D eigenvalue weighted by molar-refractivity contribution is 5.81. The molecule has 0 aromatic carbocycles. The van der Waals surface area contributed by atoms with Gasteiger partial charge in [-0.05, 0) is 25.8 Å². The van der Waals surface area contributed by atoms with Gasteiger partial charge in [0.05, 0.1) is 18.9 Å². The van der Waals surface area contributed by atoms with E-state index in [1.165, 1.54) is 0 Å². The second kappa shape index (κ2) is 7.85. The molecule has 2 saturated heterocycles. The van der Waals surface area contributed by atoms with Gasteiger partial charge in [0.2, 0.25) is 5.91 Å². The minimum Gasteiger partial charge on any atom is -0.370 e. The van der Waals surface area contributed by atoms with Crippen LogP contribution in [-0.4, -0.2) is 65.1 Å². The molecule has 0 saturated carbocycles. The summed E-state index contributed by atoms with van der Waals surface area (Å²) in [6.07, 6.45) is 2.09. The molecule has 1 spiro atoms. The van der Waals surface area contributed by atoms with Gasteiger partial charge in [0.1, 0.15) is 11.7 Å². The van der Waals surface area contributed by atoms with E-state index < -0.39 is 6.10 Å². The maximum absolute atomic E-state index is 12.5. The summed E-state index contributed by atoms with van der Waals surface area (Å²) in [6.45, 7) is 9.75. The SMILES string of the molecule is CCC(CC)NC(=O)C1CC2(CO1)CN(Cc1cc(C)[nH]n1)CCO2. The second-order valence-corrected chi connectivity index (χ2v) is 7.31. The third-order valence-corrected chi connectivity index (χ3v) is 5.20. The molecule has 7 nitrogen and oxygen atoms in total. The fourth-order valence-corrected chi connectivity index (χ4v) is 3.72. The topological polar surface area (TPSA) is 79.5 Å². The van der Waals surface area contributed by atoms with E-state index in [1.807, 2.05) is 6.92 Å². The number of morpholine rings is 1. The molecule has 2 aliphatic rings. The zero-order valence-corrected chi connectivity index (χ0v) is 15.5. The molecule has 140 valence electrons. The van der Waals surface area contributed by atoms with Crippen LogP contribution < -0.4 is 5.32 Å². The molecule has 25 heavy (non-hydrogen) atoms. The van der Waals surface area contributed by atoms with Crippen LogP contribution in [0, 0.1) is 6.92 Å². The van der Waals surface area contributed by atoms with Crippen LogP contribution in [-0.2, 0) is 20.8 Å². The number of rotatable bonds is 6. The van der Waals surface area contributed by atoms with Gasteiger partial charge in [-0.25, -0.2) is 0 Å². The van der Waals surface area contributed by atoms with Gasteiger partial charge in [0.25, 0.3) is 0 Å². The number of aryl methyl sites for hydroxylation is 1. The number of ether oxygens (including phenoxy) is 2. The van der Waals surface area contributed by atoms with Crippen molar-refractivity contribution in [1.82, 2.24) is 20.4 Å². The summed E-state index contributed by atoms with van der Waals surface area (Å²) in [7, 11) is 0. The van der Waals surface area contributed by atoms with Crippen LogP contribution in [0.15, 0.2) is 6.07 Å². The number of aromatic amines is 1. The van der Waals surface area contributed by atoms with E-state index in [0.29, 0.717) is 19.6 Å². The Morgan fingerprint density at radius 3 is 3.00 bits per heavy atom. The predicted octanol–water partition coefficient (Wildman–Crippen LogP) is 1.38. The molecular weight excluding hydrogens is 320 g/mol. The van der Waals surface area contributed by atoms with E-state index in [9.17, 15) is 4.79 Å². The Labute approximate surface area is 149 Å². The van der Waals surface area contributed by atoms with Crippen molar-refractivity contribution >= 4 is 5.91 Å². The van der Waals surface area contributed by atoms with Gasteiger partial charge in [-0.2, -0.15) is 5.10 Å². The smallest absolute Gasteiger partial charge is 0.249 e. The zero-order chi connectivity index (χ0) is 17.9. The Bertz CT molecular complexity index is 587. The van der Waals surface area contributed by atoms with E-state index in [4.69, 9.17) is 9.47 Å². The lowest BCUT2D eigenvalue weighted by Crippen LogP contribution is -2.52. The van der Waals surface area contributed by atoms with Crippen LogP contribution in [0.2, 0.25) is 0 Å². The fraction of sp³-hybridized carbons (Fsp3) is 0.778. The van der Waals surface area contributed by atoms with E-state index in [2.05, 4.69) is 40.3 Å². The number of H-pyrrole nitrogens is 1. The van der Waals surface area contributed by atoms with Gasteiger partial charge in [0.15, 0.2) is 0 Å². The third kappa shape index (κ3) is 4.40. The first-order valence-corrected chi connectivity index (χ1v) is 9.33. The van der Waals surface area contributed by atoms with Crippen molar-refractivity contribution in [3.05, 3.63) is 17.5 Å². The van der Waals surface area contributed by atoms with Crippen molar-refractivity contribution in [2.24, 2.45) is 0 Å². The first-order chi connectivity index (χ1) is 12.0. The lowest BCUT2D eigenvalue weighted by atomic mass is 9.97. The molecule has 2 unspecified atom stereocenters. The van der Waals surface area contributed by atoms with Gasteiger partial charge in [-0.3, -0.25) is 14.8 Å².